The molecule has 0 radical (unpaired) electrons. The first kappa shape index (κ1) is 15.8. The number of rotatable bonds is 6. The summed E-state index contributed by atoms with van der Waals surface area (Å²) in [6.07, 6.45) is 0.976. The fourth-order valence-electron chi connectivity index (χ4n) is 2.47. The molecule has 7 heteroatoms. The monoisotopic (exact) mass is 279 g/mol. The molecule has 0 aromatic heterocycles. The summed E-state index contributed by atoms with van der Waals surface area (Å²) in [5, 5.41) is 0. The molecule has 6 nitrogen and oxygen atoms in total. The molecule has 0 bridgehead atoms. The summed E-state index contributed by atoms with van der Waals surface area (Å²) in [7, 11) is -0.151. The van der Waals surface area contributed by atoms with Crippen LogP contribution >= 0.6 is 0 Å². The Morgan fingerprint density at radius 2 is 1.83 bits per heavy atom. The first-order valence-electron chi connectivity index (χ1n) is 6.35. The highest BCUT2D eigenvalue weighted by Gasteiger charge is 2.34. The van der Waals surface area contributed by atoms with E-state index in [4.69, 9.17) is 4.74 Å². The van der Waals surface area contributed by atoms with Gasteiger partial charge in [-0.3, -0.25) is 4.90 Å². The first-order valence-corrected chi connectivity index (χ1v) is 7.79. The number of hydrogen-bond donors (Lipinski definition) is 1. The Morgan fingerprint density at radius 1 is 1.28 bits per heavy atom. The van der Waals surface area contributed by atoms with E-state index in [1.807, 2.05) is 0 Å². The van der Waals surface area contributed by atoms with Gasteiger partial charge in [0, 0.05) is 52.5 Å². The van der Waals surface area contributed by atoms with Gasteiger partial charge < -0.3 is 4.74 Å². The predicted molar refractivity (Wildman–Crippen MR) is 71.7 cm³/mol. The molecular formula is C11H25N3O3S. The number of nitrogens with one attached hydrogen (secondary N) is 1. The fourth-order valence-corrected chi connectivity index (χ4v) is 3.55. The molecule has 2 unspecified atom stereocenters. The zero-order valence-corrected chi connectivity index (χ0v) is 12.5. The van der Waals surface area contributed by atoms with Gasteiger partial charge in [0.25, 0.3) is 10.2 Å². The van der Waals surface area contributed by atoms with Gasteiger partial charge in [-0.15, -0.1) is 0 Å². The second kappa shape index (κ2) is 6.81. The highest BCUT2D eigenvalue weighted by atomic mass is 32.2. The third-order valence-corrected chi connectivity index (χ3v) is 4.92. The van der Waals surface area contributed by atoms with Gasteiger partial charge in [0.2, 0.25) is 0 Å². The summed E-state index contributed by atoms with van der Waals surface area (Å²) in [6.45, 7) is 6.92. The van der Waals surface area contributed by atoms with Crippen molar-refractivity contribution in [2.75, 3.05) is 40.4 Å². The summed E-state index contributed by atoms with van der Waals surface area (Å²) >= 11 is 0. The minimum Gasteiger partial charge on any atom is -0.385 e. The quantitative estimate of drug-likeness (QED) is 0.689. The van der Waals surface area contributed by atoms with Gasteiger partial charge in [0.1, 0.15) is 0 Å². The summed E-state index contributed by atoms with van der Waals surface area (Å²) in [6, 6.07) is 0.461. The maximum atomic E-state index is 11.8. The molecule has 1 aliphatic rings. The van der Waals surface area contributed by atoms with E-state index in [0.29, 0.717) is 13.1 Å². The standard InChI is InChI=1S/C11H25N3O3S/c1-10-8-13(18(15,16)12-3)9-11(2)14(10)6-5-7-17-4/h10-12H,5-9H2,1-4H3. The molecule has 2 atom stereocenters. The summed E-state index contributed by atoms with van der Waals surface area (Å²) in [5.41, 5.74) is 0. The van der Waals surface area contributed by atoms with Gasteiger partial charge in [0.05, 0.1) is 0 Å². The van der Waals surface area contributed by atoms with Crippen molar-refractivity contribution in [3.63, 3.8) is 0 Å². The van der Waals surface area contributed by atoms with Crippen LogP contribution in [0.2, 0.25) is 0 Å². The summed E-state index contributed by atoms with van der Waals surface area (Å²) in [4.78, 5) is 2.35. The Labute approximate surface area is 110 Å². The van der Waals surface area contributed by atoms with Gasteiger partial charge >= 0.3 is 0 Å². The van der Waals surface area contributed by atoms with Gasteiger partial charge in [-0.2, -0.15) is 12.7 Å². The van der Waals surface area contributed by atoms with Crippen LogP contribution in [0.1, 0.15) is 20.3 Å². The average Bonchev–Trinajstić information content (AvgIpc) is 2.32. The predicted octanol–water partition coefficient (Wildman–Crippen LogP) is -0.118. The van der Waals surface area contributed by atoms with Crippen LogP contribution in [-0.4, -0.2) is 70.1 Å². The molecule has 1 aliphatic heterocycles. The molecule has 1 N–H and O–H groups in total. The van der Waals surface area contributed by atoms with Gasteiger partial charge in [-0.1, -0.05) is 0 Å². The highest BCUT2D eigenvalue weighted by molar-refractivity contribution is 7.87. The molecule has 0 spiro atoms. The van der Waals surface area contributed by atoms with E-state index < -0.39 is 10.2 Å². The minimum absolute atomic E-state index is 0.230. The van der Waals surface area contributed by atoms with Gasteiger partial charge in [-0.25, -0.2) is 4.72 Å². The van der Waals surface area contributed by atoms with Crippen molar-refractivity contribution in [3.8, 4) is 0 Å². The van der Waals surface area contributed by atoms with Crippen molar-refractivity contribution in [3.05, 3.63) is 0 Å². The van der Waals surface area contributed by atoms with Crippen molar-refractivity contribution < 1.29 is 13.2 Å². The van der Waals surface area contributed by atoms with Crippen LogP contribution in [0, 0.1) is 0 Å². The topological polar surface area (TPSA) is 61.9 Å². The molecule has 1 heterocycles. The van der Waals surface area contributed by atoms with Gasteiger partial charge in [0.15, 0.2) is 0 Å². The van der Waals surface area contributed by atoms with Crippen LogP contribution in [0.15, 0.2) is 0 Å². The summed E-state index contributed by atoms with van der Waals surface area (Å²) in [5.74, 6) is 0. The van der Waals surface area contributed by atoms with Crippen molar-refractivity contribution in [1.29, 1.82) is 0 Å². The van der Waals surface area contributed by atoms with Crippen molar-refractivity contribution in [1.82, 2.24) is 13.9 Å². The lowest BCUT2D eigenvalue weighted by Gasteiger charge is -2.43. The molecule has 1 rings (SSSR count). The minimum atomic E-state index is -3.30. The largest absolute Gasteiger partial charge is 0.385 e. The van der Waals surface area contributed by atoms with Crippen LogP contribution in [0.4, 0.5) is 0 Å². The third kappa shape index (κ3) is 3.89. The molecule has 0 aliphatic carbocycles. The number of nitrogens with zero attached hydrogens (tertiary/aromatic N) is 2. The third-order valence-electron chi connectivity index (χ3n) is 3.43. The van der Waals surface area contributed by atoms with Crippen molar-refractivity contribution >= 4 is 10.2 Å². The van der Waals surface area contributed by atoms with E-state index in [1.54, 1.807) is 7.11 Å². The Hall–Kier alpha value is -0.210. The highest BCUT2D eigenvalue weighted by Crippen LogP contribution is 2.17. The van der Waals surface area contributed by atoms with E-state index in [1.165, 1.54) is 11.4 Å². The fraction of sp³-hybridized carbons (Fsp3) is 1.00. The second-order valence-electron chi connectivity index (χ2n) is 4.81. The molecular weight excluding hydrogens is 254 g/mol. The lowest BCUT2D eigenvalue weighted by molar-refractivity contribution is 0.0662. The first-order chi connectivity index (χ1) is 8.42. The smallest absolute Gasteiger partial charge is 0.279 e. The summed E-state index contributed by atoms with van der Waals surface area (Å²) < 4.78 is 32.5. The van der Waals surface area contributed by atoms with Crippen LogP contribution < -0.4 is 4.72 Å². The second-order valence-corrected chi connectivity index (χ2v) is 6.68. The van der Waals surface area contributed by atoms with Crippen LogP contribution in [0.3, 0.4) is 0 Å². The van der Waals surface area contributed by atoms with Crippen molar-refractivity contribution in [2.24, 2.45) is 0 Å². The number of methoxy groups -OCH3 is 1. The maximum absolute atomic E-state index is 11.8. The van der Waals surface area contributed by atoms with Crippen LogP contribution in [0.25, 0.3) is 0 Å². The van der Waals surface area contributed by atoms with E-state index in [2.05, 4.69) is 23.5 Å². The number of piperazine rings is 1. The molecule has 0 amide bonds. The Morgan fingerprint density at radius 3 is 2.28 bits per heavy atom. The van der Waals surface area contributed by atoms with Crippen LogP contribution in [0.5, 0.6) is 0 Å². The average molecular weight is 279 g/mol. The number of hydrogen-bond acceptors (Lipinski definition) is 4. The van der Waals surface area contributed by atoms with Gasteiger partial charge in [-0.05, 0) is 20.3 Å². The number of ether oxygens (including phenoxy) is 1. The Kier molecular flexibility index (Phi) is 6.00. The molecule has 0 saturated carbocycles. The van der Waals surface area contributed by atoms with Crippen molar-refractivity contribution in [2.45, 2.75) is 32.4 Å². The lowest BCUT2D eigenvalue weighted by Crippen LogP contribution is -2.59. The molecule has 0 aromatic rings. The zero-order chi connectivity index (χ0) is 13.8. The molecule has 1 fully saturated rings. The Bertz CT molecular complexity index is 335. The van der Waals surface area contributed by atoms with Crippen LogP contribution in [-0.2, 0) is 14.9 Å². The van der Waals surface area contributed by atoms with E-state index in [9.17, 15) is 8.42 Å². The SMILES string of the molecule is CNS(=O)(=O)N1CC(C)N(CCCOC)C(C)C1. The molecule has 1 saturated heterocycles. The maximum Gasteiger partial charge on any atom is 0.279 e. The normalized spacial score (nSPS) is 27.6. The Balaban J connectivity index is 2.60. The lowest BCUT2D eigenvalue weighted by atomic mass is 10.1. The molecule has 108 valence electrons. The zero-order valence-electron chi connectivity index (χ0n) is 11.7. The van der Waals surface area contributed by atoms with E-state index in [-0.39, 0.29) is 12.1 Å². The molecule has 0 aromatic carbocycles. The van der Waals surface area contributed by atoms with E-state index in [0.717, 1.165) is 19.6 Å². The molecule has 18 heavy (non-hydrogen) atoms. The van der Waals surface area contributed by atoms with E-state index >= 15 is 0 Å².